The van der Waals surface area contributed by atoms with Gasteiger partial charge < -0.3 is 10.1 Å². The number of unbranched alkanes of at least 4 members (excludes halogenated alkanes) is 1. The average molecular weight is 272 g/mol. The van der Waals surface area contributed by atoms with E-state index in [9.17, 15) is 4.79 Å². The number of ether oxygens (including phenoxy) is 1. The number of anilines is 1. The second kappa shape index (κ2) is 7.16. The lowest BCUT2D eigenvalue weighted by molar-refractivity contribution is 0.0525. The van der Waals surface area contributed by atoms with Gasteiger partial charge in [-0.2, -0.15) is 4.98 Å². The molecule has 5 nitrogen and oxygen atoms in total. The van der Waals surface area contributed by atoms with E-state index in [0.29, 0.717) is 23.7 Å². The van der Waals surface area contributed by atoms with Gasteiger partial charge >= 0.3 is 5.97 Å². The second-order valence-electron chi connectivity index (χ2n) is 3.80. The van der Waals surface area contributed by atoms with Crippen LogP contribution in [0.15, 0.2) is 0 Å². The first-order valence-electron chi connectivity index (χ1n) is 6.05. The van der Waals surface area contributed by atoms with Crippen molar-refractivity contribution in [2.24, 2.45) is 0 Å². The zero-order chi connectivity index (χ0) is 13.5. The number of carbonyl (C=O) groups is 1. The maximum atomic E-state index is 11.8. The van der Waals surface area contributed by atoms with Gasteiger partial charge in [0.25, 0.3) is 0 Å². The van der Waals surface area contributed by atoms with Crippen LogP contribution in [0.2, 0.25) is 5.28 Å². The molecule has 100 valence electrons. The molecule has 1 rings (SSSR count). The van der Waals surface area contributed by atoms with Gasteiger partial charge in [0.15, 0.2) is 0 Å². The Kier molecular flexibility index (Phi) is 5.85. The molecule has 0 saturated carbocycles. The average Bonchev–Trinajstić information content (AvgIpc) is 2.28. The van der Waals surface area contributed by atoms with E-state index in [-0.39, 0.29) is 5.28 Å². The summed E-state index contributed by atoms with van der Waals surface area (Å²) in [5.74, 6) is 0.0186. The number of nitrogens with one attached hydrogen (secondary N) is 1. The van der Waals surface area contributed by atoms with Gasteiger partial charge in [-0.15, -0.1) is 0 Å². The van der Waals surface area contributed by atoms with Gasteiger partial charge in [-0.3, -0.25) is 0 Å². The minimum Gasteiger partial charge on any atom is -0.462 e. The van der Waals surface area contributed by atoms with E-state index in [2.05, 4.69) is 22.2 Å². The number of hydrogen-bond acceptors (Lipinski definition) is 5. The lowest BCUT2D eigenvalue weighted by atomic mass is 10.2. The Hall–Kier alpha value is -1.36. The van der Waals surface area contributed by atoms with Crippen LogP contribution in [0.25, 0.3) is 0 Å². The first-order valence-corrected chi connectivity index (χ1v) is 6.43. The van der Waals surface area contributed by atoms with Gasteiger partial charge in [-0.1, -0.05) is 13.3 Å². The molecular formula is C12H18ClN3O2. The highest BCUT2D eigenvalue weighted by Gasteiger charge is 2.19. The van der Waals surface area contributed by atoms with Crippen LogP contribution in [0.3, 0.4) is 0 Å². The molecule has 0 aliphatic rings. The maximum absolute atomic E-state index is 11.8. The molecule has 1 aromatic heterocycles. The van der Waals surface area contributed by atoms with Gasteiger partial charge in [0, 0.05) is 6.54 Å². The van der Waals surface area contributed by atoms with Crippen LogP contribution in [0.4, 0.5) is 5.82 Å². The smallest absolute Gasteiger partial charge is 0.343 e. The van der Waals surface area contributed by atoms with Crippen molar-refractivity contribution in [2.45, 2.75) is 33.6 Å². The molecule has 1 N–H and O–H groups in total. The molecule has 0 aromatic carbocycles. The number of nitrogens with zero attached hydrogens (tertiary/aromatic N) is 2. The van der Waals surface area contributed by atoms with E-state index < -0.39 is 5.97 Å². The summed E-state index contributed by atoms with van der Waals surface area (Å²) >= 11 is 5.80. The zero-order valence-corrected chi connectivity index (χ0v) is 11.7. The van der Waals surface area contributed by atoms with Crippen molar-refractivity contribution >= 4 is 23.4 Å². The Morgan fingerprint density at radius 1 is 1.39 bits per heavy atom. The van der Waals surface area contributed by atoms with E-state index in [1.807, 2.05) is 0 Å². The summed E-state index contributed by atoms with van der Waals surface area (Å²) in [5.41, 5.74) is 0.879. The monoisotopic (exact) mass is 271 g/mol. The van der Waals surface area contributed by atoms with Crippen molar-refractivity contribution in [1.82, 2.24) is 9.97 Å². The molecule has 0 unspecified atom stereocenters. The Morgan fingerprint density at radius 2 is 2.11 bits per heavy atom. The molecule has 0 amide bonds. The molecule has 0 spiro atoms. The van der Waals surface area contributed by atoms with Crippen molar-refractivity contribution < 1.29 is 9.53 Å². The van der Waals surface area contributed by atoms with Gasteiger partial charge in [-0.25, -0.2) is 9.78 Å². The molecule has 6 heteroatoms. The number of rotatable bonds is 6. The number of carbonyl (C=O) groups excluding carboxylic acids is 1. The van der Waals surface area contributed by atoms with E-state index in [1.54, 1.807) is 13.8 Å². The molecule has 0 saturated heterocycles. The minimum atomic E-state index is -0.425. The van der Waals surface area contributed by atoms with Crippen molar-refractivity contribution in [3.63, 3.8) is 0 Å². The quantitative estimate of drug-likeness (QED) is 0.490. The summed E-state index contributed by atoms with van der Waals surface area (Å²) in [4.78, 5) is 19.9. The van der Waals surface area contributed by atoms with Crippen LogP contribution in [0.5, 0.6) is 0 Å². The molecule has 18 heavy (non-hydrogen) atoms. The van der Waals surface area contributed by atoms with E-state index >= 15 is 0 Å². The Bertz CT molecular complexity index is 424. The molecule has 0 fully saturated rings. The van der Waals surface area contributed by atoms with Gasteiger partial charge in [-0.05, 0) is 31.9 Å². The number of aryl methyl sites for hydroxylation is 1. The normalized spacial score (nSPS) is 10.2. The third kappa shape index (κ3) is 3.84. The predicted octanol–water partition coefficient (Wildman–Crippen LogP) is 2.83. The third-order valence-corrected chi connectivity index (χ3v) is 2.53. The maximum Gasteiger partial charge on any atom is 0.343 e. The summed E-state index contributed by atoms with van der Waals surface area (Å²) < 4.78 is 4.99. The largest absolute Gasteiger partial charge is 0.462 e. The van der Waals surface area contributed by atoms with Crippen LogP contribution < -0.4 is 5.32 Å². The number of aromatic nitrogens is 2. The minimum absolute atomic E-state index is 0.125. The van der Waals surface area contributed by atoms with E-state index in [0.717, 1.165) is 19.4 Å². The fourth-order valence-corrected chi connectivity index (χ4v) is 1.71. The first-order chi connectivity index (χ1) is 8.60. The second-order valence-corrected chi connectivity index (χ2v) is 4.14. The van der Waals surface area contributed by atoms with Crippen LogP contribution >= 0.6 is 11.6 Å². The topological polar surface area (TPSA) is 64.1 Å². The summed E-state index contributed by atoms with van der Waals surface area (Å²) in [5, 5.41) is 3.22. The number of hydrogen-bond donors (Lipinski definition) is 1. The summed E-state index contributed by atoms with van der Waals surface area (Å²) in [6.45, 7) is 6.61. The fraction of sp³-hybridized carbons (Fsp3) is 0.583. The highest BCUT2D eigenvalue weighted by atomic mass is 35.5. The Balaban J connectivity index is 3.00. The SMILES string of the molecule is CCCCNc1nc(Cl)nc(C)c1C(=O)OCC. The van der Waals surface area contributed by atoms with E-state index in [4.69, 9.17) is 16.3 Å². The molecule has 0 bridgehead atoms. The first kappa shape index (κ1) is 14.7. The highest BCUT2D eigenvalue weighted by Crippen LogP contribution is 2.19. The summed E-state index contributed by atoms with van der Waals surface area (Å²) in [7, 11) is 0. The molecule has 0 atom stereocenters. The van der Waals surface area contributed by atoms with Crippen molar-refractivity contribution in [2.75, 3.05) is 18.5 Å². The van der Waals surface area contributed by atoms with Crippen LogP contribution in [0.1, 0.15) is 42.7 Å². The summed E-state index contributed by atoms with van der Waals surface area (Å²) in [6, 6.07) is 0. The van der Waals surface area contributed by atoms with E-state index in [1.165, 1.54) is 0 Å². The molecule has 1 aromatic rings. The standard InChI is InChI=1S/C12H18ClN3O2/c1-4-6-7-14-10-9(11(17)18-5-2)8(3)15-12(13)16-10/h4-7H2,1-3H3,(H,14,15,16). The van der Waals surface area contributed by atoms with Crippen molar-refractivity contribution in [3.8, 4) is 0 Å². The van der Waals surface area contributed by atoms with Crippen LogP contribution in [-0.4, -0.2) is 29.1 Å². The zero-order valence-electron chi connectivity index (χ0n) is 10.9. The Morgan fingerprint density at radius 3 is 2.72 bits per heavy atom. The number of esters is 1. The molecule has 0 aliphatic carbocycles. The fourth-order valence-electron chi connectivity index (χ4n) is 1.50. The van der Waals surface area contributed by atoms with Crippen molar-refractivity contribution in [3.05, 3.63) is 16.5 Å². The molecular weight excluding hydrogens is 254 g/mol. The molecule has 1 heterocycles. The third-order valence-electron chi connectivity index (χ3n) is 2.36. The molecule has 0 aliphatic heterocycles. The molecule has 0 radical (unpaired) electrons. The van der Waals surface area contributed by atoms with Gasteiger partial charge in [0.2, 0.25) is 5.28 Å². The van der Waals surface area contributed by atoms with Crippen LogP contribution in [0, 0.1) is 6.92 Å². The Labute approximate surface area is 112 Å². The van der Waals surface area contributed by atoms with Crippen LogP contribution in [-0.2, 0) is 4.74 Å². The lowest BCUT2D eigenvalue weighted by Gasteiger charge is -2.12. The predicted molar refractivity (Wildman–Crippen MR) is 71.1 cm³/mol. The van der Waals surface area contributed by atoms with Gasteiger partial charge in [0.1, 0.15) is 11.4 Å². The highest BCUT2D eigenvalue weighted by molar-refractivity contribution is 6.28. The lowest BCUT2D eigenvalue weighted by Crippen LogP contribution is -2.15. The summed E-state index contributed by atoms with van der Waals surface area (Å²) in [6.07, 6.45) is 2.04. The van der Waals surface area contributed by atoms with Gasteiger partial charge in [0.05, 0.1) is 12.3 Å². The van der Waals surface area contributed by atoms with Crippen molar-refractivity contribution in [1.29, 1.82) is 0 Å². The number of halogens is 1.